The van der Waals surface area contributed by atoms with Gasteiger partial charge in [-0.05, 0) is 49.3 Å². The van der Waals surface area contributed by atoms with Gasteiger partial charge >= 0.3 is 0 Å². The maximum Gasteiger partial charge on any atom is 0.158 e. The molecule has 0 radical (unpaired) electrons. The van der Waals surface area contributed by atoms with E-state index in [9.17, 15) is 4.79 Å². The Labute approximate surface area is 171 Å². The molecule has 6 heteroatoms. The maximum atomic E-state index is 13.0. The summed E-state index contributed by atoms with van der Waals surface area (Å²) >= 11 is 12.0. The zero-order valence-electron chi connectivity index (χ0n) is 14.8. The van der Waals surface area contributed by atoms with Crippen molar-refractivity contribution in [3.05, 3.63) is 69.2 Å². The highest BCUT2D eigenvalue weighted by Gasteiger charge is 2.30. The number of likely N-dealkylation sites (N-methyl/N-ethyl adjacent to an activating group) is 1. The van der Waals surface area contributed by atoms with Gasteiger partial charge in [0.15, 0.2) is 5.78 Å². The lowest BCUT2D eigenvalue weighted by atomic mass is 9.86. The van der Waals surface area contributed by atoms with Crippen LogP contribution in [0.2, 0.25) is 10.0 Å². The van der Waals surface area contributed by atoms with Gasteiger partial charge in [-0.2, -0.15) is 0 Å². The molecule has 3 nitrogen and oxygen atoms in total. The van der Waals surface area contributed by atoms with E-state index in [4.69, 9.17) is 23.2 Å². The first-order valence-electron chi connectivity index (χ1n) is 8.39. The molecule has 1 aliphatic rings. The van der Waals surface area contributed by atoms with Crippen LogP contribution >= 0.6 is 35.6 Å². The quantitative estimate of drug-likeness (QED) is 0.791. The van der Waals surface area contributed by atoms with Crippen molar-refractivity contribution in [3.8, 4) is 0 Å². The summed E-state index contributed by atoms with van der Waals surface area (Å²) in [5, 5.41) is 4.52. The van der Waals surface area contributed by atoms with E-state index in [1.54, 1.807) is 12.1 Å². The van der Waals surface area contributed by atoms with Crippen LogP contribution in [-0.2, 0) is 17.6 Å². The van der Waals surface area contributed by atoms with Gasteiger partial charge < -0.3 is 4.90 Å². The topological polar surface area (TPSA) is 32.3 Å². The summed E-state index contributed by atoms with van der Waals surface area (Å²) in [5.41, 5.74) is 3.22. The van der Waals surface area contributed by atoms with E-state index in [1.807, 2.05) is 24.3 Å². The van der Waals surface area contributed by atoms with Gasteiger partial charge in [0.1, 0.15) is 0 Å². The van der Waals surface area contributed by atoms with Crippen molar-refractivity contribution in [1.29, 1.82) is 0 Å². The standard InChI is InChI=1S/C20H22Cl2N2O.ClH/c1-24(2)12-15-11-14-5-3-4-6-16(14)20(23-15)19(25)10-13-7-8-17(21)18(22)9-13;/h3-9,15,20,23H,10-12H2,1-2H3;1H/t15?,20-;/m1./s1. The van der Waals surface area contributed by atoms with Crippen LogP contribution in [0.4, 0.5) is 0 Å². The van der Waals surface area contributed by atoms with Gasteiger partial charge in [0.25, 0.3) is 0 Å². The highest BCUT2D eigenvalue weighted by Crippen LogP contribution is 2.28. The first kappa shape index (κ1) is 21.2. The summed E-state index contributed by atoms with van der Waals surface area (Å²) in [6.45, 7) is 0.894. The van der Waals surface area contributed by atoms with E-state index in [0.717, 1.165) is 24.1 Å². The zero-order valence-corrected chi connectivity index (χ0v) is 17.2. The summed E-state index contributed by atoms with van der Waals surface area (Å²) < 4.78 is 0. The predicted molar refractivity (Wildman–Crippen MR) is 111 cm³/mol. The van der Waals surface area contributed by atoms with Crippen LogP contribution in [0.3, 0.4) is 0 Å². The number of hydrogen-bond acceptors (Lipinski definition) is 3. The fourth-order valence-electron chi connectivity index (χ4n) is 3.43. The Morgan fingerprint density at radius 2 is 1.88 bits per heavy atom. The number of ketones is 1. The van der Waals surface area contributed by atoms with Gasteiger partial charge in [-0.25, -0.2) is 0 Å². The summed E-state index contributed by atoms with van der Waals surface area (Å²) in [6.07, 6.45) is 1.27. The van der Waals surface area contributed by atoms with Crippen molar-refractivity contribution in [2.24, 2.45) is 0 Å². The molecule has 2 aromatic rings. The van der Waals surface area contributed by atoms with Gasteiger partial charge in [-0.3, -0.25) is 10.1 Å². The molecule has 1 N–H and O–H groups in total. The van der Waals surface area contributed by atoms with E-state index >= 15 is 0 Å². The monoisotopic (exact) mass is 412 g/mol. The molecule has 0 saturated carbocycles. The number of nitrogens with one attached hydrogen (secondary N) is 1. The Kier molecular flexibility index (Phi) is 7.51. The Bertz CT molecular complexity index is 779. The largest absolute Gasteiger partial charge is 0.308 e. The molecular weight excluding hydrogens is 391 g/mol. The van der Waals surface area contributed by atoms with Gasteiger partial charge in [0, 0.05) is 19.0 Å². The lowest BCUT2D eigenvalue weighted by Crippen LogP contribution is -2.47. The van der Waals surface area contributed by atoms with Crippen LogP contribution in [0.25, 0.3) is 0 Å². The fraction of sp³-hybridized carbons (Fsp3) is 0.350. The summed E-state index contributed by atoms with van der Waals surface area (Å²) in [7, 11) is 4.10. The second-order valence-electron chi connectivity index (χ2n) is 6.85. The van der Waals surface area contributed by atoms with E-state index in [1.165, 1.54) is 5.56 Å². The van der Waals surface area contributed by atoms with Crippen LogP contribution in [0, 0.1) is 0 Å². The Hall–Kier alpha value is -1.10. The second-order valence-corrected chi connectivity index (χ2v) is 7.67. The van der Waals surface area contributed by atoms with Crippen LogP contribution < -0.4 is 5.32 Å². The molecule has 1 unspecified atom stereocenters. The average molecular weight is 414 g/mol. The number of carbonyl (C=O) groups is 1. The van der Waals surface area contributed by atoms with Crippen LogP contribution in [0.15, 0.2) is 42.5 Å². The summed E-state index contributed by atoms with van der Waals surface area (Å²) in [6, 6.07) is 13.5. The molecular formula is C20H23Cl3N2O. The number of carbonyl (C=O) groups excluding carboxylic acids is 1. The third kappa shape index (κ3) is 4.99. The van der Waals surface area contributed by atoms with E-state index in [-0.39, 0.29) is 30.3 Å². The molecule has 26 heavy (non-hydrogen) atoms. The van der Waals surface area contributed by atoms with Gasteiger partial charge in [0.2, 0.25) is 0 Å². The maximum absolute atomic E-state index is 13.0. The third-order valence-electron chi connectivity index (χ3n) is 4.50. The smallest absolute Gasteiger partial charge is 0.158 e. The van der Waals surface area contributed by atoms with Crippen molar-refractivity contribution in [2.75, 3.05) is 20.6 Å². The molecule has 0 aromatic heterocycles. The minimum Gasteiger partial charge on any atom is -0.308 e. The first-order chi connectivity index (χ1) is 11.9. The van der Waals surface area contributed by atoms with Gasteiger partial charge in [-0.15, -0.1) is 12.4 Å². The Balaban J connectivity index is 0.00000243. The number of nitrogens with zero attached hydrogens (tertiary/aromatic N) is 1. The van der Waals surface area contributed by atoms with Crippen molar-refractivity contribution in [1.82, 2.24) is 10.2 Å². The molecule has 0 spiro atoms. The lowest BCUT2D eigenvalue weighted by Gasteiger charge is -2.34. The van der Waals surface area contributed by atoms with Crippen LogP contribution in [0.1, 0.15) is 22.7 Å². The van der Waals surface area contributed by atoms with E-state index in [0.29, 0.717) is 16.5 Å². The molecule has 2 atom stereocenters. The Morgan fingerprint density at radius 3 is 2.58 bits per heavy atom. The van der Waals surface area contributed by atoms with Crippen molar-refractivity contribution >= 4 is 41.4 Å². The normalized spacial score (nSPS) is 19.0. The van der Waals surface area contributed by atoms with E-state index < -0.39 is 0 Å². The van der Waals surface area contributed by atoms with Crippen LogP contribution in [0.5, 0.6) is 0 Å². The van der Waals surface area contributed by atoms with Crippen molar-refractivity contribution < 1.29 is 4.79 Å². The molecule has 0 amide bonds. The number of benzene rings is 2. The number of hydrogen-bond donors (Lipinski definition) is 1. The molecule has 140 valence electrons. The van der Waals surface area contributed by atoms with Crippen molar-refractivity contribution in [2.45, 2.75) is 24.9 Å². The van der Waals surface area contributed by atoms with Crippen molar-refractivity contribution in [3.63, 3.8) is 0 Å². The molecule has 0 saturated heterocycles. The van der Waals surface area contributed by atoms with Gasteiger partial charge in [-0.1, -0.05) is 53.5 Å². The minimum atomic E-state index is -0.288. The first-order valence-corrected chi connectivity index (χ1v) is 9.15. The molecule has 0 aliphatic carbocycles. The zero-order chi connectivity index (χ0) is 18.0. The predicted octanol–water partition coefficient (Wildman–Crippen LogP) is 4.34. The molecule has 2 aromatic carbocycles. The number of fused-ring (bicyclic) bond motifs is 1. The Morgan fingerprint density at radius 1 is 1.15 bits per heavy atom. The molecule has 1 aliphatic heterocycles. The average Bonchev–Trinajstić information content (AvgIpc) is 2.57. The highest BCUT2D eigenvalue weighted by atomic mass is 35.5. The minimum absolute atomic E-state index is 0. The number of Topliss-reactive ketones (excluding diaryl/α,β-unsaturated/α-hetero) is 1. The molecule has 1 heterocycles. The SMILES string of the molecule is CN(C)CC1Cc2ccccc2[C@H](C(=O)Cc2ccc(Cl)c(Cl)c2)N1.Cl. The van der Waals surface area contributed by atoms with E-state index in [2.05, 4.69) is 30.4 Å². The van der Waals surface area contributed by atoms with Crippen LogP contribution in [-0.4, -0.2) is 37.4 Å². The molecule has 0 bridgehead atoms. The number of halogens is 3. The molecule has 3 rings (SSSR count). The third-order valence-corrected chi connectivity index (χ3v) is 5.24. The fourth-order valence-corrected chi connectivity index (χ4v) is 3.75. The van der Waals surface area contributed by atoms with Gasteiger partial charge in [0.05, 0.1) is 16.1 Å². The summed E-state index contributed by atoms with van der Waals surface area (Å²) in [4.78, 5) is 15.2. The lowest BCUT2D eigenvalue weighted by molar-refractivity contribution is -0.121. The number of rotatable bonds is 5. The highest BCUT2D eigenvalue weighted by molar-refractivity contribution is 6.42. The molecule has 0 fully saturated rings. The second kappa shape index (κ2) is 9.20. The summed E-state index contributed by atoms with van der Waals surface area (Å²) in [5.74, 6) is 0.147.